The molecule has 9 nitrogen and oxygen atoms in total. The summed E-state index contributed by atoms with van der Waals surface area (Å²) in [5.74, 6) is 4.93. The highest BCUT2D eigenvalue weighted by Crippen LogP contribution is 2.04. The van der Waals surface area contributed by atoms with Crippen molar-refractivity contribution in [3.8, 4) is 0 Å². The number of quaternary nitrogens is 1. The van der Waals surface area contributed by atoms with Crippen molar-refractivity contribution in [2.24, 2.45) is 18.1 Å². The summed E-state index contributed by atoms with van der Waals surface area (Å²) >= 11 is 0. The van der Waals surface area contributed by atoms with Crippen molar-refractivity contribution in [1.82, 2.24) is 9.78 Å². The van der Waals surface area contributed by atoms with Crippen molar-refractivity contribution in [3.63, 3.8) is 0 Å². The van der Waals surface area contributed by atoms with Crippen LogP contribution >= 0.6 is 0 Å². The molecule has 2 heterocycles. The first-order chi connectivity index (χ1) is 10.7. The molecular weight excluding hydrogens is 288 g/mol. The van der Waals surface area contributed by atoms with Crippen LogP contribution in [0.4, 0.5) is 5.69 Å². The van der Waals surface area contributed by atoms with Crippen molar-refractivity contribution in [2.45, 2.75) is 38.8 Å². The minimum Gasteiger partial charge on any atom is -0.386 e. The molecular formula is C13H30N6O3+2. The number of hydrogen-bond acceptors (Lipinski definition) is 5. The SMILES string of the molecule is CC.CO[NH2+]c1cnn(C)c1.NN=[NH+]C1CCCOCC1O. The van der Waals surface area contributed by atoms with Gasteiger partial charge in [0.05, 0.1) is 25.1 Å². The van der Waals surface area contributed by atoms with Crippen LogP contribution in [-0.4, -0.2) is 47.4 Å². The lowest BCUT2D eigenvalue weighted by molar-refractivity contribution is -0.830. The standard InChI is InChI=1S/C6H13N3O2.C5H9N3O.C2H6/c7-9-8-5-2-1-3-11-4-6(5)10;1-8-4-5(3-6-8)7-9-2;1-2/h5-6,10H,1-4H2,(H2,7,8);3-4,7H,1-2H3;1-2H3/p+2. The van der Waals surface area contributed by atoms with E-state index in [-0.39, 0.29) is 6.04 Å². The molecule has 1 aliphatic heterocycles. The van der Waals surface area contributed by atoms with Crippen LogP contribution in [0.2, 0.25) is 0 Å². The fraction of sp³-hybridized carbons (Fsp3) is 0.769. The van der Waals surface area contributed by atoms with Gasteiger partial charge < -0.3 is 9.84 Å². The minimum atomic E-state index is -0.496. The van der Waals surface area contributed by atoms with E-state index in [0.29, 0.717) is 13.2 Å². The highest BCUT2D eigenvalue weighted by atomic mass is 16.6. The maximum absolute atomic E-state index is 9.38. The van der Waals surface area contributed by atoms with Gasteiger partial charge in [0.15, 0.2) is 5.69 Å². The maximum atomic E-state index is 9.38. The molecule has 2 atom stereocenters. The van der Waals surface area contributed by atoms with E-state index in [1.54, 1.807) is 23.5 Å². The number of rotatable bonds is 3. The van der Waals surface area contributed by atoms with Gasteiger partial charge in [0.25, 0.3) is 0 Å². The molecule has 22 heavy (non-hydrogen) atoms. The summed E-state index contributed by atoms with van der Waals surface area (Å²) in [6, 6.07) is -0.0532. The molecule has 1 aromatic heterocycles. The molecule has 0 radical (unpaired) electrons. The molecule has 2 rings (SSSR count). The van der Waals surface area contributed by atoms with Gasteiger partial charge in [0.2, 0.25) is 0 Å². The molecule has 1 aromatic rings. The second kappa shape index (κ2) is 13.1. The highest BCUT2D eigenvalue weighted by Gasteiger charge is 2.23. The van der Waals surface area contributed by atoms with Gasteiger partial charge in [-0.15, -0.1) is 0 Å². The summed E-state index contributed by atoms with van der Waals surface area (Å²) in [4.78, 5) is 4.76. The fourth-order valence-electron chi connectivity index (χ4n) is 1.80. The average Bonchev–Trinajstić information content (AvgIpc) is 2.83. The van der Waals surface area contributed by atoms with Crippen molar-refractivity contribution in [3.05, 3.63) is 12.4 Å². The van der Waals surface area contributed by atoms with Crippen molar-refractivity contribution < 1.29 is 25.3 Å². The topological polar surface area (TPSA) is 125 Å². The molecule has 2 unspecified atom stereocenters. The first-order valence-corrected chi connectivity index (χ1v) is 7.43. The number of aromatic nitrogens is 2. The summed E-state index contributed by atoms with van der Waals surface area (Å²) in [6.07, 6.45) is 4.91. The number of nitrogens with zero attached hydrogens (tertiary/aromatic N) is 3. The van der Waals surface area contributed by atoms with Crippen LogP contribution in [0.5, 0.6) is 0 Å². The Hall–Kier alpha value is -1.55. The number of aliphatic hydroxyl groups is 1. The zero-order chi connectivity index (χ0) is 16.8. The van der Waals surface area contributed by atoms with Gasteiger partial charge in [0, 0.05) is 13.7 Å². The number of aryl methyl sites for hydroxylation is 1. The predicted octanol–water partition coefficient (Wildman–Crippen LogP) is -1.86. The fourth-order valence-corrected chi connectivity index (χ4v) is 1.80. The molecule has 9 heteroatoms. The normalized spacial score (nSPS) is 21.3. The van der Waals surface area contributed by atoms with Gasteiger partial charge >= 0.3 is 0 Å². The van der Waals surface area contributed by atoms with Crippen LogP contribution < -0.4 is 16.4 Å². The van der Waals surface area contributed by atoms with Crippen LogP contribution in [0.3, 0.4) is 0 Å². The number of hydrogen-bond donors (Lipinski definition) is 4. The molecule has 1 aliphatic rings. The van der Waals surface area contributed by atoms with Crippen LogP contribution in [-0.2, 0) is 16.6 Å². The summed E-state index contributed by atoms with van der Waals surface area (Å²) in [7, 11) is 3.49. The van der Waals surface area contributed by atoms with Crippen molar-refractivity contribution >= 4 is 5.69 Å². The molecule has 0 saturated carbocycles. The summed E-state index contributed by atoms with van der Waals surface area (Å²) in [5.41, 5.74) is 2.63. The van der Waals surface area contributed by atoms with E-state index in [4.69, 9.17) is 15.4 Å². The number of ether oxygens (including phenoxy) is 1. The Kier molecular flexibility index (Phi) is 12.2. The number of nitrogens with one attached hydrogen (secondary N) is 1. The third-order valence-corrected chi connectivity index (χ3v) is 2.78. The molecule has 0 spiro atoms. The molecule has 0 bridgehead atoms. The Morgan fingerprint density at radius 2 is 2.32 bits per heavy atom. The third-order valence-electron chi connectivity index (χ3n) is 2.78. The Morgan fingerprint density at radius 3 is 2.86 bits per heavy atom. The number of nitrogens with two attached hydrogens (primary N) is 2. The molecule has 0 aromatic carbocycles. The van der Waals surface area contributed by atoms with Gasteiger partial charge in [-0.3, -0.25) is 4.68 Å². The Bertz CT molecular complexity index is 399. The number of aliphatic hydroxyl groups excluding tert-OH is 1. The third kappa shape index (κ3) is 8.67. The molecule has 1 fully saturated rings. The predicted molar refractivity (Wildman–Crippen MR) is 80.6 cm³/mol. The van der Waals surface area contributed by atoms with E-state index in [1.807, 2.05) is 27.1 Å². The van der Waals surface area contributed by atoms with E-state index in [0.717, 1.165) is 18.5 Å². The van der Waals surface area contributed by atoms with E-state index in [1.165, 1.54) is 0 Å². The zero-order valence-electron chi connectivity index (χ0n) is 13.9. The monoisotopic (exact) mass is 318 g/mol. The molecule has 0 amide bonds. The Labute approximate surface area is 131 Å². The van der Waals surface area contributed by atoms with Crippen LogP contribution in [0.15, 0.2) is 17.6 Å². The lowest BCUT2D eigenvalue weighted by Crippen LogP contribution is -2.78. The molecule has 0 aliphatic carbocycles. The highest BCUT2D eigenvalue weighted by molar-refractivity contribution is 5.17. The zero-order valence-corrected chi connectivity index (χ0v) is 13.9. The van der Waals surface area contributed by atoms with E-state index in [2.05, 4.69) is 15.4 Å². The largest absolute Gasteiger partial charge is 0.386 e. The lowest BCUT2D eigenvalue weighted by atomic mass is 10.1. The first kappa shape index (κ1) is 20.5. The molecule has 1 saturated heterocycles. The van der Waals surface area contributed by atoms with Gasteiger partial charge in [0.1, 0.15) is 18.3 Å². The Morgan fingerprint density at radius 1 is 1.59 bits per heavy atom. The smallest absolute Gasteiger partial charge is 0.200 e. The van der Waals surface area contributed by atoms with E-state index in [9.17, 15) is 5.11 Å². The van der Waals surface area contributed by atoms with Crippen LogP contribution in [0.25, 0.3) is 0 Å². The van der Waals surface area contributed by atoms with Crippen LogP contribution in [0, 0.1) is 0 Å². The summed E-state index contributed by atoms with van der Waals surface area (Å²) < 4.78 is 6.84. The van der Waals surface area contributed by atoms with E-state index < -0.39 is 6.10 Å². The van der Waals surface area contributed by atoms with Crippen molar-refractivity contribution in [1.29, 1.82) is 0 Å². The quantitative estimate of drug-likeness (QED) is 0.295. The molecule has 128 valence electrons. The van der Waals surface area contributed by atoms with Gasteiger partial charge in [-0.25, -0.2) is 4.84 Å². The Balaban J connectivity index is 0.000000366. The second-order valence-electron chi connectivity index (χ2n) is 4.45. The first-order valence-electron chi connectivity index (χ1n) is 7.43. The minimum absolute atomic E-state index is 0.0532. The summed E-state index contributed by atoms with van der Waals surface area (Å²) in [5, 5.41) is 19.3. The van der Waals surface area contributed by atoms with Gasteiger partial charge in [-0.05, 0) is 12.8 Å². The second-order valence-corrected chi connectivity index (χ2v) is 4.45. The van der Waals surface area contributed by atoms with E-state index >= 15 is 0 Å². The average molecular weight is 318 g/mol. The molecule has 6 N–H and O–H groups in total. The summed E-state index contributed by atoms with van der Waals surface area (Å²) in [6.45, 7) is 5.08. The van der Waals surface area contributed by atoms with Crippen molar-refractivity contribution in [2.75, 3.05) is 20.3 Å². The van der Waals surface area contributed by atoms with Gasteiger partial charge in [-0.1, -0.05) is 13.8 Å². The lowest BCUT2D eigenvalue weighted by Gasteiger charge is -2.10. The van der Waals surface area contributed by atoms with Crippen LogP contribution in [0.1, 0.15) is 26.7 Å². The maximum Gasteiger partial charge on any atom is 0.200 e. The van der Waals surface area contributed by atoms with Gasteiger partial charge in [-0.2, -0.15) is 21.5 Å².